The van der Waals surface area contributed by atoms with Gasteiger partial charge in [-0.05, 0) is 19.1 Å². The van der Waals surface area contributed by atoms with Gasteiger partial charge in [0.05, 0.1) is 0 Å². The minimum Gasteiger partial charge on any atom is -0.477 e. The number of aromatic nitrogens is 1. The number of rotatable bonds is 5. The third kappa shape index (κ3) is 3.29. The number of nitrogens with one attached hydrogen (secondary N) is 2. The van der Waals surface area contributed by atoms with E-state index < -0.39 is 27.9 Å². The van der Waals surface area contributed by atoms with Crippen molar-refractivity contribution in [3.63, 3.8) is 0 Å². The van der Waals surface area contributed by atoms with Gasteiger partial charge in [-0.1, -0.05) is 18.2 Å². The number of hydrogen-bond acceptors (Lipinski definition) is 3. The van der Waals surface area contributed by atoms with Crippen LogP contribution in [0.2, 0.25) is 0 Å². The van der Waals surface area contributed by atoms with Crippen LogP contribution in [0.3, 0.4) is 0 Å². The summed E-state index contributed by atoms with van der Waals surface area (Å²) in [6.45, 7) is 1.50. The van der Waals surface area contributed by atoms with Crippen molar-refractivity contribution in [3.05, 3.63) is 53.6 Å². The number of sulfonamides is 1. The summed E-state index contributed by atoms with van der Waals surface area (Å²) in [6.07, 6.45) is 1.07. The molecule has 2 rings (SSSR count). The summed E-state index contributed by atoms with van der Waals surface area (Å²) in [7, 11) is -3.95. The van der Waals surface area contributed by atoms with E-state index in [1.54, 1.807) is 6.07 Å². The van der Waals surface area contributed by atoms with Gasteiger partial charge in [0.1, 0.15) is 16.4 Å². The lowest BCUT2D eigenvalue weighted by atomic mass is 10.1. The summed E-state index contributed by atoms with van der Waals surface area (Å²) in [6, 6.07) is 6.02. The van der Waals surface area contributed by atoms with Gasteiger partial charge < -0.3 is 10.1 Å². The first kappa shape index (κ1) is 15.2. The predicted octanol–water partition coefficient (Wildman–Crippen LogP) is 1.89. The van der Waals surface area contributed by atoms with Crippen molar-refractivity contribution < 1.29 is 22.7 Å². The van der Waals surface area contributed by atoms with Gasteiger partial charge in [0, 0.05) is 17.8 Å². The van der Waals surface area contributed by atoms with Crippen molar-refractivity contribution in [1.82, 2.24) is 9.71 Å². The highest BCUT2D eigenvalue weighted by Gasteiger charge is 2.22. The van der Waals surface area contributed by atoms with Gasteiger partial charge in [-0.3, -0.25) is 0 Å². The summed E-state index contributed by atoms with van der Waals surface area (Å²) < 4.78 is 40.1. The van der Waals surface area contributed by atoms with E-state index >= 15 is 0 Å². The molecule has 0 amide bonds. The van der Waals surface area contributed by atoms with Gasteiger partial charge in [0.15, 0.2) is 0 Å². The first-order valence-corrected chi connectivity index (χ1v) is 7.48. The molecule has 0 aliphatic rings. The van der Waals surface area contributed by atoms with Crippen LogP contribution in [-0.2, 0) is 10.0 Å². The molecule has 2 aromatic rings. The number of benzene rings is 1. The van der Waals surface area contributed by atoms with Crippen LogP contribution in [0.15, 0.2) is 41.4 Å². The van der Waals surface area contributed by atoms with Gasteiger partial charge in [-0.15, -0.1) is 0 Å². The lowest BCUT2D eigenvalue weighted by Crippen LogP contribution is -2.27. The number of aromatic carboxylic acids is 1. The Morgan fingerprint density at radius 1 is 1.38 bits per heavy atom. The lowest BCUT2D eigenvalue weighted by molar-refractivity contribution is 0.0691. The molecule has 1 heterocycles. The van der Waals surface area contributed by atoms with Crippen LogP contribution in [0.25, 0.3) is 0 Å². The summed E-state index contributed by atoms with van der Waals surface area (Å²) >= 11 is 0. The lowest BCUT2D eigenvalue weighted by Gasteiger charge is -2.14. The molecular weight excluding hydrogens is 299 g/mol. The van der Waals surface area contributed by atoms with Gasteiger partial charge in [0.2, 0.25) is 10.0 Å². The SMILES string of the molecule is CC(NS(=O)(=O)c1c[nH]c(C(=O)O)c1)c1ccccc1F. The Labute approximate surface area is 120 Å². The van der Waals surface area contributed by atoms with Gasteiger partial charge in [-0.25, -0.2) is 22.3 Å². The second kappa shape index (κ2) is 5.66. The van der Waals surface area contributed by atoms with Crippen LogP contribution in [0.4, 0.5) is 4.39 Å². The summed E-state index contributed by atoms with van der Waals surface area (Å²) in [5.41, 5.74) is -0.0380. The molecule has 1 aromatic heterocycles. The monoisotopic (exact) mass is 312 g/mol. The number of carbonyl (C=O) groups is 1. The zero-order valence-electron chi connectivity index (χ0n) is 11.0. The number of hydrogen-bond donors (Lipinski definition) is 3. The van der Waals surface area contributed by atoms with Crippen molar-refractivity contribution in [3.8, 4) is 0 Å². The quantitative estimate of drug-likeness (QED) is 0.785. The first-order chi connectivity index (χ1) is 9.81. The molecule has 21 heavy (non-hydrogen) atoms. The van der Waals surface area contributed by atoms with Crippen LogP contribution in [-0.4, -0.2) is 24.5 Å². The highest BCUT2D eigenvalue weighted by Crippen LogP contribution is 2.19. The molecule has 0 saturated carbocycles. The van der Waals surface area contributed by atoms with E-state index in [2.05, 4.69) is 9.71 Å². The molecule has 0 spiro atoms. The Morgan fingerprint density at radius 3 is 2.62 bits per heavy atom. The van der Waals surface area contributed by atoms with Crippen LogP contribution < -0.4 is 4.72 Å². The normalized spacial score (nSPS) is 13.0. The fourth-order valence-corrected chi connectivity index (χ4v) is 3.06. The average molecular weight is 312 g/mol. The maximum absolute atomic E-state index is 13.6. The molecule has 1 aromatic carbocycles. The molecule has 0 aliphatic heterocycles. The second-order valence-corrected chi connectivity index (χ2v) is 6.13. The predicted molar refractivity (Wildman–Crippen MR) is 72.9 cm³/mol. The molecule has 0 saturated heterocycles. The molecule has 8 heteroatoms. The van der Waals surface area contributed by atoms with Crippen molar-refractivity contribution in [2.24, 2.45) is 0 Å². The Morgan fingerprint density at radius 2 is 2.05 bits per heavy atom. The van der Waals surface area contributed by atoms with E-state index in [0.29, 0.717) is 0 Å². The minimum atomic E-state index is -3.95. The fourth-order valence-electron chi connectivity index (χ4n) is 1.84. The third-order valence-corrected chi connectivity index (χ3v) is 4.42. The third-order valence-electron chi connectivity index (χ3n) is 2.90. The topological polar surface area (TPSA) is 99.3 Å². The largest absolute Gasteiger partial charge is 0.477 e. The summed E-state index contributed by atoms with van der Waals surface area (Å²) in [5.74, 6) is -1.79. The van der Waals surface area contributed by atoms with E-state index in [-0.39, 0.29) is 16.2 Å². The Hall–Kier alpha value is -2.19. The smallest absolute Gasteiger partial charge is 0.352 e. The summed E-state index contributed by atoms with van der Waals surface area (Å²) in [4.78, 5) is 12.9. The second-order valence-electron chi connectivity index (χ2n) is 4.42. The van der Waals surface area contributed by atoms with Crippen molar-refractivity contribution >= 4 is 16.0 Å². The first-order valence-electron chi connectivity index (χ1n) is 6.00. The highest BCUT2D eigenvalue weighted by molar-refractivity contribution is 7.89. The maximum Gasteiger partial charge on any atom is 0.352 e. The molecule has 1 unspecified atom stereocenters. The molecule has 0 radical (unpaired) electrons. The molecule has 112 valence electrons. The molecule has 0 bridgehead atoms. The van der Waals surface area contributed by atoms with Crippen molar-refractivity contribution in [2.45, 2.75) is 17.9 Å². The molecule has 6 nitrogen and oxygen atoms in total. The van der Waals surface area contributed by atoms with Crippen LogP contribution in [0, 0.1) is 5.82 Å². The molecule has 0 fully saturated rings. The van der Waals surface area contributed by atoms with Crippen molar-refractivity contribution in [2.75, 3.05) is 0 Å². The highest BCUT2D eigenvalue weighted by atomic mass is 32.2. The van der Waals surface area contributed by atoms with Crippen LogP contribution in [0.5, 0.6) is 0 Å². The number of carboxylic acids is 1. The zero-order valence-corrected chi connectivity index (χ0v) is 11.8. The van der Waals surface area contributed by atoms with E-state index in [9.17, 15) is 17.6 Å². The Bertz CT molecular complexity index is 770. The Balaban J connectivity index is 2.24. The number of H-pyrrole nitrogens is 1. The van der Waals surface area contributed by atoms with Gasteiger partial charge in [0.25, 0.3) is 0 Å². The van der Waals surface area contributed by atoms with Crippen molar-refractivity contribution in [1.29, 1.82) is 0 Å². The van der Waals surface area contributed by atoms with Gasteiger partial charge >= 0.3 is 5.97 Å². The van der Waals surface area contributed by atoms with E-state index in [0.717, 1.165) is 12.3 Å². The van der Waals surface area contributed by atoms with E-state index in [1.807, 2.05) is 0 Å². The summed E-state index contributed by atoms with van der Waals surface area (Å²) in [5, 5.41) is 8.76. The molecule has 3 N–H and O–H groups in total. The zero-order chi connectivity index (χ0) is 15.6. The average Bonchev–Trinajstić information content (AvgIpc) is 2.89. The number of aromatic amines is 1. The van der Waals surface area contributed by atoms with Gasteiger partial charge in [-0.2, -0.15) is 0 Å². The van der Waals surface area contributed by atoms with E-state index in [4.69, 9.17) is 5.11 Å². The molecule has 0 aliphatic carbocycles. The number of halogens is 1. The molecular formula is C13H13FN2O4S. The Kier molecular flexibility index (Phi) is 4.10. The number of carboxylic acid groups (broad SMARTS) is 1. The van der Waals surface area contributed by atoms with Crippen LogP contribution >= 0.6 is 0 Å². The maximum atomic E-state index is 13.6. The minimum absolute atomic E-state index is 0.204. The molecule has 1 atom stereocenters. The standard InChI is InChI=1S/C13H13FN2O4S/c1-8(10-4-2-3-5-11(10)14)16-21(19,20)9-6-12(13(17)18)15-7-9/h2-8,15-16H,1H3,(H,17,18). The fraction of sp³-hybridized carbons (Fsp3) is 0.154. The van der Waals surface area contributed by atoms with Crippen LogP contribution in [0.1, 0.15) is 29.0 Å². The van der Waals surface area contributed by atoms with E-state index in [1.165, 1.54) is 25.1 Å².